The first-order valence-electron chi connectivity index (χ1n) is 9.13. The quantitative estimate of drug-likeness (QED) is 0.793. The molecule has 0 aliphatic carbocycles. The third-order valence-corrected chi connectivity index (χ3v) is 4.91. The zero-order valence-electron chi connectivity index (χ0n) is 15.6. The highest BCUT2D eigenvalue weighted by Crippen LogP contribution is 2.14. The highest BCUT2D eigenvalue weighted by atomic mass is 35.5. The second-order valence-corrected chi connectivity index (χ2v) is 6.91. The van der Waals surface area contributed by atoms with Gasteiger partial charge in [0.25, 0.3) is 0 Å². The summed E-state index contributed by atoms with van der Waals surface area (Å²) in [5.74, 6) is 0.402. The minimum Gasteiger partial charge on any atom is -0.350 e. The van der Waals surface area contributed by atoms with Crippen LogP contribution >= 0.6 is 11.6 Å². The minimum atomic E-state index is -0.648. The van der Waals surface area contributed by atoms with Crippen LogP contribution in [-0.2, 0) is 11.3 Å². The van der Waals surface area contributed by atoms with Crippen molar-refractivity contribution in [3.8, 4) is 0 Å². The van der Waals surface area contributed by atoms with Gasteiger partial charge in [-0.2, -0.15) is 0 Å². The summed E-state index contributed by atoms with van der Waals surface area (Å²) in [7, 11) is 0. The SMILES string of the molecule is CC(NC(=O)N1CCN(c2ncccn2)CC1)C(=O)NCc1ccccc1Cl. The number of rotatable bonds is 5. The van der Waals surface area contributed by atoms with Gasteiger partial charge in [-0.15, -0.1) is 0 Å². The third-order valence-electron chi connectivity index (χ3n) is 4.55. The summed E-state index contributed by atoms with van der Waals surface area (Å²) < 4.78 is 0. The number of hydrogen-bond acceptors (Lipinski definition) is 5. The highest BCUT2D eigenvalue weighted by molar-refractivity contribution is 6.31. The van der Waals surface area contributed by atoms with E-state index in [2.05, 4.69) is 20.6 Å². The Morgan fingerprint density at radius 1 is 1.11 bits per heavy atom. The third kappa shape index (κ3) is 5.10. The van der Waals surface area contributed by atoms with E-state index in [1.54, 1.807) is 36.4 Å². The molecule has 1 atom stereocenters. The molecule has 2 N–H and O–H groups in total. The second-order valence-electron chi connectivity index (χ2n) is 6.50. The maximum atomic E-state index is 12.4. The molecule has 3 rings (SSSR count). The maximum absolute atomic E-state index is 12.4. The molecule has 2 heterocycles. The Balaban J connectivity index is 1.44. The van der Waals surface area contributed by atoms with Crippen LogP contribution in [-0.4, -0.2) is 59.0 Å². The van der Waals surface area contributed by atoms with Crippen LogP contribution in [0.5, 0.6) is 0 Å². The topological polar surface area (TPSA) is 90.5 Å². The molecule has 1 aromatic carbocycles. The fourth-order valence-electron chi connectivity index (χ4n) is 2.88. The number of piperazine rings is 1. The predicted molar refractivity (Wildman–Crippen MR) is 107 cm³/mol. The standard InChI is InChI=1S/C19H23ClN6O2/c1-14(17(27)23-13-15-5-2-3-6-16(15)20)24-19(28)26-11-9-25(10-12-26)18-21-7-4-8-22-18/h2-8,14H,9-13H2,1H3,(H,23,27)(H,24,28). The molecule has 148 valence electrons. The zero-order valence-corrected chi connectivity index (χ0v) is 16.4. The van der Waals surface area contributed by atoms with Crippen LogP contribution in [0.3, 0.4) is 0 Å². The van der Waals surface area contributed by atoms with Gasteiger partial charge >= 0.3 is 6.03 Å². The van der Waals surface area contributed by atoms with Crippen molar-refractivity contribution in [3.63, 3.8) is 0 Å². The van der Waals surface area contributed by atoms with Crippen molar-refractivity contribution < 1.29 is 9.59 Å². The Bertz CT molecular complexity index is 811. The van der Waals surface area contributed by atoms with E-state index in [1.807, 2.05) is 23.1 Å². The van der Waals surface area contributed by atoms with Crippen LogP contribution < -0.4 is 15.5 Å². The number of hydrogen-bond donors (Lipinski definition) is 2. The lowest BCUT2D eigenvalue weighted by Gasteiger charge is -2.35. The zero-order chi connectivity index (χ0) is 19.9. The number of benzene rings is 1. The van der Waals surface area contributed by atoms with Crippen molar-refractivity contribution in [2.45, 2.75) is 19.5 Å². The molecular weight excluding hydrogens is 380 g/mol. The molecule has 0 bridgehead atoms. The van der Waals surface area contributed by atoms with Crippen LogP contribution in [0.15, 0.2) is 42.7 Å². The molecule has 1 fully saturated rings. The average molecular weight is 403 g/mol. The molecule has 0 radical (unpaired) electrons. The van der Waals surface area contributed by atoms with Gasteiger partial charge in [-0.25, -0.2) is 14.8 Å². The average Bonchev–Trinajstić information content (AvgIpc) is 2.73. The number of aromatic nitrogens is 2. The van der Waals surface area contributed by atoms with Crippen LogP contribution in [0.2, 0.25) is 5.02 Å². The molecule has 2 aromatic rings. The number of carbonyl (C=O) groups excluding carboxylic acids is 2. The van der Waals surface area contributed by atoms with Gasteiger partial charge in [0.2, 0.25) is 11.9 Å². The van der Waals surface area contributed by atoms with E-state index in [-0.39, 0.29) is 11.9 Å². The number of carbonyl (C=O) groups is 2. The summed E-state index contributed by atoms with van der Waals surface area (Å²) in [5, 5.41) is 6.14. The number of nitrogens with zero attached hydrogens (tertiary/aromatic N) is 4. The van der Waals surface area contributed by atoms with E-state index in [0.717, 1.165) is 5.56 Å². The summed E-state index contributed by atoms with van der Waals surface area (Å²) in [6.45, 7) is 4.34. The van der Waals surface area contributed by atoms with Crippen LogP contribution in [0.4, 0.5) is 10.7 Å². The van der Waals surface area contributed by atoms with Gasteiger partial charge < -0.3 is 20.4 Å². The van der Waals surface area contributed by atoms with Crippen molar-refractivity contribution in [2.24, 2.45) is 0 Å². The lowest BCUT2D eigenvalue weighted by Crippen LogP contribution is -2.55. The largest absolute Gasteiger partial charge is 0.350 e. The normalized spacial score (nSPS) is 15.1. The molecule has 8 nitrogen and oxygen atoms in total. The second kappa shape index (κ2) is 9.36. The van der Waals surface area contributed by atoms with Gasteiger partial charge in [0.15, 0.2) is 0 Å². The molecule has 28 heavy (non-hydrogen) atoms. The van der Waals surface area contributed by atoms with Crippen molar-refractivity contribution in [1.29, 1.82) is 0 Å². The molecule has 1 aliphatic heterocycles. The summed E-state index contributed by atoms with van der Waals surface area (Å²) >= 11 is 6.09. The first kappa shape index (κ1) is 19.9. The van der Waals surface area contributed by atoms with E-state index in [4.69, 9.17) is 11.6 Å². The molecule has 3 amide bonds. The fraction of sp³-hybridized carbons (Fsp3) is 0.368. The van der Waals surface area contributed by atoms with Crippen molar-refractivity contribution in [2.75, 3.05) is 31.1 Å². The Labute approximate surface area is 168 Å². The lowest BCUT2D eigenvalue weighted by molar-refractivity contribution is -0.122. The number of nitrogens with one attached hydrogen (secondary N) is 2. The van der Waals surface area contributed by atoms with Gasteiger partial charge in [0.05, 0.1) is 0 Å². The Hall–Kier alpha value is -2.87. The van der Waals surface area contributed by atoms with Gasteiger partial charge in [-0.3, -0.25) is 4.79 Å². The lowest BCUT2D eigenvalue weighted by atomic mass is 10.2. The highest BCUT2D eigenvalue weighted by Gasteiger charge is 2.24. The molecule has 1 aliphatic rings. The summed E-state index contributed by atoms with van der Waals surface area (Å²) in [5.41, 5.74) is 0.829. The van der Waals surface area contributed by atoms with Crippen LogP contribution in [0.25, 0.3) is 0 Å². The molecule has 9 heteroatoms. The van der Waals surface area contributed by atoms with E-state index in [0.29, 0.717) is 43.7 Å². The molecule has 1 saturated heterocycles. The smallest absolute Gasteiger partial charge is 0.318 e. The van der Waals surface area contributed by atoms with Crippen molar-refractivity contribution >= 4 is 29.5 Å². The molecule has 1 aromatic heterocycles. The van der Waals surface area contributed by atoms with Crippen molar-refractivity contribution in [1.82, 2.24) is 25.5 Å². The summed E-state index contributed by atoms with van der Waals surface area (Å²) in [6.07, 6.45) is 3.40. The molecule has 0 saturated carbocycles. The van der Waals surface area contributed by atoms with Crippen LogP contribution in [0.1, 0.15) is 12.5 Å². The van der Waals surface area contributed by atoms with Gasteiger partial charge in [-0.05, 0) is 24.6 Å². The predicted octanol–water partition coefficient (Wildman–Crippen LogP) is 1.67. The van der Waals surface area contributed by atoms with E-state index < -0.39 is 6.04 Å². The Kier molecular flexibility index (Phi) is 6.65. The number of halogens is 1. The van der Waals surface area contributed by atoms with Crippen LogP contribution in [0, 0.1) is 0 Å². The minimum absolute atomic E-state index is 0.256. The van der Waals surface area contributed by atoms with Gasteiger partial charge in [0.1, 0.15) is 6.04 Å². The summed E-state index contributed by atoms with van der Waals surface area (Å²) in [4.78, 5) is 36.9. The van der Waals surface area contributed by atoms with E-state index in [1.165, 1.54) is 0 Å². The number of amides is 3. The van der Waals surface area contributed by atoms with E-state index in [9.17, 15) is 9.59 Å². The monoisotopic (exact) mass is 402 g/mol. The molecular formula is C19H23ClN6O2. The number of urea groups is 1. The fourth-order valence-corrected chi connectivity index (χ4v) is 3.09. The molecule has 0 spiro atoms. The van der Waals surface area contributed by atoms with Crippen molar-refractivity contribution in [3.05, 3.63) is 53.3 Å². The van der Waals surface area contributed by atoms with Gasteiger partial charge in [-0.1, -0.05) is 29.8 Å². The van der Waals surface area contributed by atoms with Gasteiger partial charge in [0, 0.05) is 50.1 Å². The Morgan fingerprint density at radius 2 is 1.79 bits per heavy atom. The first-order valence-corrected chi connectivity index (χ1v) is 9.51. The first-order chi connectivity index (χ1) is 13.5. The van der Waals surface area contributed by atoms with E-state index >= 15 is 0 Å². The molecule has 1 unspecified atom stereocenters. The maximum Gasteiger partial charge on any atom is 0.318 e. The summed E-state index contributed by atoms with van der Waals surface area (Å²) in [6, 6.07) is 8.18. The number of anilines is 1. The Morgan fingerprint density at radius 3 is 2.46 bits per heavy atom.